The van der Waals surface area contributed by atoms with Crippen molar-refractivity contribution in [3.8, 4) is 0 Å². The predicted molar refractivity (Wildman–Crippen MR) is 47.6 cm³/mol. The molecule has 0 fully saturated rings. The summed E-state index contributed by atoms with van der Waals surface area (Å²) in [5, 5.41) is 7.60. The van der Waals surface area contributed by atoms with Gasteiger partial charge in [-0.15, -0.1) is 0 Å². The van der Waals surface area contributed by atoms with Gasteiger partial charge in [0.05, 0.1) is 5.57 Å². The summed E-state index contributed by atoms with van der Waals surface area (Å²) < 4.78 is 0. The van der Waals surface area contributed by atoms with Gasteiger partial charge in [0.1, 0.15) is 17.8 Å². The predicted octanol–water partition coefficient (Wildman–Crippen LogP) is -0.223. The van der Waals surface area contributed by atoms with E-state index in [1.54, 1.807) is 0 Å². The molecule has 5 nitrogen and oxygen atoms in total. The summed E-state index contributed by atoms with van der Waals surface area (Å²) >= 11 is 0. The lowest BCUT2D eigenvalue weighted by Gasteiger charge is -1.69. The van der Waals surface area contributed by atoms with E-state index in [2.05, 4.69) is 6.58 Å². The molecule has 0 radical (unpaired) electrons. The zero-order chi connectivity index (χ0) is 11.4. The highest BCUT2D eigenvalue weighted by Crippen LogP contribution is 1.84. The first-order chi connectivity index (χ1) is 6.62. The molecule has 0 aliphatic rings. The summed E-state index contributed by atoms with van der Waals surface area (Å²) in [6.07, 6.45) is 2.44. The molecule has 0 aromatic rings. The molecule has 0 bridgehead atoms. The minimum absolute atomic E-state index is 0.153. The summed E-state index contributed by atoms with van der Waals surface area (Å²) in [4.78, 5) is 38.0. The number of hydrogen-bond acceptors (Lipinski definition) is 4. The number of carboxylic acids is 1. The van der Waals surface area contributed by atoms with Gasteiger partial charge in [-0.05, 0) is 0 Å². The lowest BCUT2D eigenvalue weighted by atomic mass is 10.3. The number of carbonyl (C=O) groups excluding carboxylic acids is 3. The normalized spacial score (nSPS) is 6.00. The Morgan fingerprint density at radius 3 is 1.64 bits per heavy atom. The number of carbonyl (C=O) groups is 1. The molecule has 0 heterocycles. The highest BCUT2D eigenvalue weighted by Gasteiger charge is 1.82. The lowest BCUT2D eigenvalue weighted by molar-refractivity contribution is -0.131. The van der Waals surface area contributed by atoms with E-state index in [-0.39, 0.29) is 5.57 Å². The number of aliphatic carboxylic acids is 1. The molecule has 0 aromatic heterocycles. The van der Waals surface area contributed by atoms with Gasteiger partial charge in [-0.25, -0.2) is 19.2 Å². The maximum atomic E-state index is 9.70. The molecule has 1 N–H and O–H groups in total. The van der Waals surface area contributed by atoms with Crippen molar-refractivity contribution in [3.63, 3.8) is 0 Å². The van der Waals surface area contributed by atoms with Crippen molar-refractivity contribution in [2.45, 2.75) is 0 Å². The summed E-state index contributed by atoms with van der Waals surface area (Å²) in [6, 6.07) is 0. The fourth-order valence-corrected chi connectivity index (χ4v) is 0.228. The summed E-state index contributed by atoms with van der Waals surface area (Å²) in [5.74, 6) is 2.99. The van der Waals surface area contributed by atoms with Crippen molar-refractivity contribution in [2.75, 3.05) is 0 Å². The van der Waals surface area contributed by atoms with E-state index in [1.165, 1.54) is 17.8 Å². The topological polar surface area (TPSA) is 88.5 Å². The van der Waals surface area contributed by atoms with Gasteiger partial charge in [0.15, 0.2) is 0 Å². The Morgan fingerprint density at radius 1 is 1.14 bits per heavy atom. The van der Waals surface area contributed by atoms with E-state index < -0.39 is 5.97 Å². The highest BCUT2D eigenvalue weighted by atomic mass is 16.4. The van der Waals surface area contributed by atoms with E-state index >= 15 is 0 Å². The van der Waals surface area contributed by atoms with Crippen LogP contribution in [0.15, 0.2) is 30.4 Å². The lowest BCUT2D eigenvalue weighted by Crippen LogP contribution is -1.82. The second-order valence-electron chi connectivity index (χ2n) is 1.62. The molecule has 0 amide bonds. The molecule has 14 heavy (non-hydrogen) atoms. The van der Waals surface area contributed by atoms with Gasteiger partial charge in [0, 0.05) is 18.2 Å². The zero-order valence-electron chi connectivity index (χ0n) is 7.02. The smallest absolute Gasteiger partial charge is 0.327 e. The van der Waals surface area contributed by atoms with E-state index in [9.17, 15) is 19.2 Å². The maximum absolute atomic E-state index is 9.70. The number of carboxylic acid groups (broad SMARTS) is 1. The fraction of sp³-hybridized carbons (Fsp3) is 0. The molecule has 72 valence electrons. The van der Waals surface area contributed by atoms with Crippen molar-refractivity contribution >= 4 is 23.8 Å². The fourth-order valence-electron chi connectivity index (χ4n) is 0.228. The molecule has 0 aliphatic heterocycles. The highest BCUT2D eigenvalue weighted by molar-refractivity contribution is 5.78. The molecule has 0 aliphatic carbocycles. The van der Waals surface area contributed by atoms with Crippen LogP contribution in [-0.2, 0) is 19.2 Å². The van der Waals surface area contributed by atoms with Crippen LogP contribution in [0.2, 0.25) is 0 Å². The molecule has 0 unspecified atom stereocenters. The number of allylic oxidation sites excluding steroid dienone is 3. The average Bonchev–Trinajstić information content (AvgIpc) is 2.18. The maximum Gasteiger partial charge on any atom is 0.327 e. The minimum atomic E-state index is -0.981. The van der Waals surface area contributed by atoms with E-state index in [0.29, 0.717) is 0 Å². The summed E-state index contributed by atoms with van der Waals surface area (Å²) in [7, 11) is 0. The molecule has 0 saturated heterocycles. The van der Waals surface area contributed by atoms with Crippen molar-refractivity contribution in [1.82, 2.24) is 0 Å². The van der Waals surface area contributed by atoms with Crippen molar-refractivity contribution in [3.05, 3.63) is 30.4 Å². The van der Waals surface area contributed by atoms with Gasteiger partial charge >= 0.3 is 5.97 Å². The molecule has 0 spiro atoms. The largest absolute Gasteiger partial charge is 0.478 e. The molecule has 0 atom stereocenters. The van der Waals surface area contributed by atoms with Crippen LogP contribution in [0, 0.1) is 0 Å². The number of rotatable bonds is 3. The monoisotopic (exact) mass is 194 g/mol. The SMILES string of the molecule is C=CC(=O)O.O=C=CC(=C=O)C=C=O. The van der Waals surface area contributed by atoms with Gasteiger partial charge < -0.3 is 5.11 Å². The Balaban J connectivity index is 0. The summed E-state index contributed by atoms with van der Waals surface area (Å²) in [6.45, 7) is 2.96. The quantitative estimate of drug-likeness (QED) is 0.381. The van der Waals surface area contributed by atoms with Gasteiger partial charge in [0.2, 0.25) is 0 Å². The van der Waals surface area contributed by atoms with Gasteiger partial charge in [0.25, 0.3) is 0 Å². The van der Waals surface area contributed by atoms with Gasteiger partial charge in [-0.1, -0.05) is 6.58 Å². The standard InChI is InChI=1S/C6H2O3.C3H4O2/c7-3-1-6(5-9)2-4-8;1-2-3(4)5/h1-2H;2H,1H2,(H,4,5). The third kappa shape index (κ3) is 12.3. The van der Waals surface area contributed by atoms with Crippen LogP contribution in [0.25, 0.3) is 0 Å². The van der Waals surface area contributed by atoms with Gasteiger partial charge in [-0.3, -0.25) is 0 Å². The Bertz CT molecular complexity index is 327. The second kappa shape index (κ2) is 10.6. The molecule has 0 aromatic carbocycles. The molecule has 0 rings (SSSR count). The van der Waals surface area contributed by atoms with Crippen LogP contribution in [-0.4, -0.2) is 28.9 Å². The van der Waals surface area contributed by atoms with E-state index in [4.69, 9.17) is 5.11 Å². The average molecular weight is 194 g/mol. The Kier molecular flexibility index (Phi) is 10.6. The van der Waals surface area contributed by atoms with Crippen molar-refractivity contribution in [2.24, 2.45) is 0 Å². The molecular formula is C9H6O5. The Morgan fingerprint density at radius 2 is 1.50 bits per heavy atom. The van der Waals surface area contributed by atoms with Crippen LogP contribution in [0.1, 0.15) is 0 Å². The third-order valence-electron chi connectivity index (χ3n) is 0.721. The van der Waals surface area contributed by atoms with Crippen LogP contribution in [0.3, 0.4) is 0 Å². The zero-order valence-corrected chi connectivity index (χ0v) is 7.02. The summed E-state index contributed by atoms with van der Waals surface area (Å²) in [5.41, 5.74) is -0.153. The van der Waals surface area contributed by atoms with Crippen LogP contribution >= 0.6 is 0 Å². The minimum Gasteiger partial charge on any atom is -0.478 e. The Labute approximate surface area is 79.3 Å². The first kappa shape index (κ1) is 14.1. The van der Waals surface area contributed by atoms with Crippen molar-refractivity contribution < 1.29 is 24.3 Å². The first-order valence-electron chi connectivity index (χ1n) is 3.14. The molecular weight excluding hydrogens is 188 g/mol. The van der Waals surface area contributed by atoms with E-state index in [1.807, 2.05) is 0 Å². The van der Waals surface area contributed by atoms with Crippen LogP contribution in [0.5, 0.6) is 0 Å². The number of hydrogen-bond donors (Lipinski definition) is 1. The van der Waals surface area contributed by atoms with Crippen molar-refractivity contribution in [1.29, 1.82) is 0 Å². The molecule has 0 saturated carbocycles. The van der Waals surface area contributed by atoms with E-state index in [0.717, 1.165) is 18.2 Å². The third-order valence-corrected chi connectivity index (χ3v) is 0.721. The Hall–Kier alpha value is -2.44. The first-order valence-corrected chi connectivity index (χ1v) is 3.14. The molecule has 5 heteroatoms. The second-order valence-corrected chi connectivity index (χ2v) is 1.62. The van der Waals surface area contributed by atoms with Crippen LogP contribution < -0.4 is 0 Å². The van der Waals surface area contributed by atoms with Gasteiger partial charge in [-0.2, -0.15) is 0 Å². The van der Waals surface area contributed by atoms with Crippen LogP contribution in [0.4, 0.5) is 0 Å².